The van der Waals surface area contributed by atoms with Crippen molar-refractivity contribution in [3.8, 4) is 0 Å². The molecule has 1 unspecified atom stereocenters. The van der Waals surface area contributed by atoms with Crippen LogP contribution >= 0.6 is 7.82 Å². The largest absolute Gasteiger partial charge is 1.00 e. The standard InChI is InChI=1S/C6H17N2O4P.Li/c1-2-3-6-11-13(9,10)12-8-5-4-7;/h8H,2-7H2,1H3,(H,9,10);/q;+1/p-1. The summed E-state index contributed by atoms with van der Waals surface area (Å²) < 4.78 is 19.6. The van der Waals surface area contributed by atoms with E-state index in [4.69, 9.17) is 5.73 Å². The molecule has 3 N–H and O–H groups in total. The minimum absolute atomic E-state index is 0. The van der Waals surface area contributed by atoms with Gasteiger partial charge in [0.15, 0.2) is 0 Å². The number of nitrogens with one attached hydrogen (secondary N) is 1. The van der Waals surface area contributed by atoms with Crippen LogP contribution < -0.4 is 35.0 Å². The Hall–Kier alpha value is 0.627. The van der Waals surface area contributed by atoms with Gasteiger partial charge in [-0.05, 0) is 6.42 Å². The SMILES string of the molecule is CCCCOP(=O)([O-])ONCCN.[Li+]. The molecule has 1 atom stereocenters. The molecular weight excluding hydrogens is 202 g/mol. The van der Waals surface area contributed by atoms with Crippen molar-refractivity contribution in [3.63, 3.8) is 0 Å². The predicted molar refractivity (Wildman–Crippen MR) is 46.6 cm³/mol. The van der Waals surface area contributed by atoms with E-state index in [9.17, 15) is 9.46 Å². The Morgan fingerprint density at radius 3 is 2.71 bits per heavy atom. The van der Waals surface area contributed by atoms with Crippen LogP contribution in [0.4, 0.5) is 0 Å². The molecule has 0 aliphatic heterocycles. The van der Waals surface area contributed by atoms with Crippen molar-refractivity contribution in [2.24, 2.45) is 5.73 Å². The van der Waals surface area contributed by atoms with Crippen molar-refractivity contribution >= 4 is 7.82 Å². The fourth-order valence-electron chi connectivity index (χ4n) is 0.531. The Balaban J connectivity index is 0. The Kier molecular flexibility index (Phi) is 12.4. The van der Waals surface area contributed by atoms with Gasteiger partial charge in [-0.15, -0.1) is 0 Å². The zero-order valence-corrected chi connectivity index (χ0v) is 9.59. The Morgan fingerprint density at radius 1 is 1.57 bits per heavy atom. The molecule has 0 aromatic carbocycles. The summed E-state index contributed by atoms with van der Waals surface area (Å²) in [7, 11) is -4.17. The molecule has 0 aromatic rings. The minimum Gasteiger partial charge on any atom is -0.755 e. The second-order valence-electron chi connectivity index (χ2n) is 2.41. The van der Waals surface area contributed by atoms with E-state index >= 15 is 0 Å². The molecule has 0 bridgehead atoms. The van der Waals surface area contributed by atoms with E-state index in [1.165, 1.54) is 0 Å². The zero-order valence-electron chi connectivity index (χ0n) is 8.69. The zero-order chi connectivity index (χ0) is 10.2. The van der Waals surface area contributed by atoms with Crippen LogP contribution in [-0.2, 0) is 13.7 Å². The maximum atomic E-state index is 10.9. The van der Waals surface area contributed by atoms with E-state index in [-0.39, 0.29) is 32.0 Å². The first kappa shape index (κ1) is 17.0. The Bertz CT molecular complexity index is 158. The van der Waals surface area contributed by atoms with Crippen LogP contribution in [0, 0.1) is 0 Å². The topological polar surface area (TPSA) is 96.6 Å². The predicted octanol–water partition coefficient (Wildman–Crippen LogP) is -3.24. The minimum atomic E-state index is -4.17. The van der Waals surface area contributed by atoms with Gasteiger partial charge in [0.1, 0.15) is 0 Å². The summed E-state index contributed by atoms with van der Waals surface area (Å²) in [6.07, 6.45) is 1.56. The van der Waals surface area contributed by atoms with Crippen LogP contribution in [0.1, 0.15) is 19.8 Å². The van der Waals surface area contributed by atoms with Crippen molar-refractivity contribution < 1.29 is 37.5 Å². The van der Waals surface area contributed by atoms with E-state index in [2.05, 4.69) is 14.6 Å². The summed E-state index contributed by atoms with van der Waals surface area (Å²) in [5, 5.41) is 0. The van der Waals surface area contributed by atoms with Crippen LogP contribution in [0.25, 0.3) is 0 Å². The molecule has 6 nitrogen and oxygen atoms in total. The summed E-state index contributed by atoms with van der Waals surface area (Å²) in [5.41, 5.74) is 7.28. The quantitative estimate of drug-likeness (QED) is 0.192. The molecule has 0 aromatic heterocycles. The van der Waals surface area contributed by atoms with Crippen LogP contribution in [0.15, 0.2) is 0 Å². The molecule has 0 fully saturated rings. The van der Waals surface area contributed by atoms with E-state index < -0.39 is 7.82 Å². The van der Waals surface area contributed by atoms with Crippen molar-refractivity contribution in [1.29, 1.82) is 0 Å². The van der Waals surface area contributed by atoms with Gasteiger partial charge in [-0.3, -0.25) is 4.57 Å². The van der Waals surface area contributed by atoms with Gasteiger partial charge >= 0.3 is 18.9 Å². The molecule has 8 heteroatoms. The van der Waals surface area contributed by atoms with Crippen molar-refractivity contribution in [2.45, 2.75) is 19.8 Å². The van der Waals surface area contributed by atoms with E-state index in [1.807, 2.05) is 6.92 Å². The van der Waals surface area contributed by atoms with Crippen molar-refractivity contribution in [1.82, 2.24) is 5.48 Å². The average Bonchev–Trinajstić information content (AvgIpc) is 2.05. The van der Waals surface area contributed by atoms with E-state index in [0.717, 1.165) is 6.42 Å². The number of phosphoric acid groups is 1. The normalized spacial score (nSPS) is 14.5. The third kappa shape index (κ3) is 10.7. The second kappa shape index (κ2) is 10.2. The summed E-state index contributed by atoms with van der Waals surface area (Å²) in [6, 6.07) is 0. The van der Waals surface area contributed by atoms with Gasteiger partial charge in [-0.1, -0.05) is 13.3 Å². The van der Waals surface area contributed by atoms with Gasteiger partial charge in [0, 0.05) is 13.1 Å². The molecule has 0 heterocycles. The van der Waals surface area contributed by atoms with E-state index in [1.54, 1.807) is 0 Å². The van der Waals surface area contributed by atoms with Crippen LogP contribution in [0.3, 0.4) is 0 Å². The molecule has 14 heavy (non-hydrogen) atoms. The summed E-state index contributed by atoms with van der Waals surface area (Å²) in [5.74, 6) is 0. The summed E-state index contributed by atoms with van der Waals surface area (Å²) in [4.78, 5) is 10.9. The molecule has 0 spiro atoms. The number of unbranched alkanes of at least 4 members (excludes halogenated alkanes) is 1. The number of rotatable bonds is 8. The second-order valence-corrected chi connectivity index (χ2v) is 3.74. The van der Waals surface area contributed by atoms with Gasteiger partial charge < -0.3 is 15.2 Å². The molecule has 0 saturated carbocycles. The van der Waals surface area contributed by atoms with Crippen LogP contribution in [-0.4, -0.2) is 19.7 Å². The summed E-state index contributed by atoms with van der Waals surface area (Å²) >= 11 is 0. The molecule has 0 rings (SSSR count). The molecule has 0 aliphatic carbocycles. The average molecular weight is 218 g/mol. The third-order valence-corrected chi connectivity index (χ3v) is 2.02. The molecule has 0 aliphatic rings. The first-order chi connectivity index (χ1) is 6.12. The first-order valence-electron chi connectivity index (χ1n) is 4.19. The molecule has 0 amide bonds. The first-order valence-corrected chi connectivity index (χ1v) is 5.65. The molecular formula is C6H16LiN2O4P. The monoisotopic (exact) mass is 218 g/mol. The van der Waals surface area contributed by atoms with Crippen LogP contribution in [0.5, 0.6) is 0 Å². The van der Waals surface area contributed by atoms with Crippen LogP contribution in [0.2, 0.25) is 0 Å². The Morgan fingerprint density at radius 2 is 2.21 bits per heavy atom. The number of hydroxylamine groups is 1. The van der Waals surface area contributed by atoms with Gasteiger partial charge in [-0.25, -0.2) is 4.62 Å². The Labute approximate surface area is 96.3 Å². The summed E-state index contributed by atoms with van der Waals surface area (Å²) in [6.45, 7) is 2.66. The van der Waals surface area contributed by atoms with Crippen molar-refractivity contribution in [2.75, 3.05) is 19.7 Å². The van der Waals surface area contributed by atoms with Gasteiger partial charge in [-0.2, -0.15) is 5.48 Å². The number of nitrogens with two attached hydrogens (primary N) is 1. The molecule has 80 valence electrons. The number of phosphoric ester groups is 1. The van der Waals surface area contributed by atoms with Gasteiger partial charge in [0.05, 0.1) is 6.61 Å². The maximum absolute atomic E-state index is 10.9. The fraction of sp³-hybridized carbons (Fsp3) is 1.00. The fourth-order valence-corrected chi connectivity index (χ4v) is 1.19. The van der Waals surface area contributed by atoms with Gasteiger partial charge in [0.25, 0.3) is 7.82 Å². The van der Waals surface area contributed by atoms with E-state index in [0.29, 0.717) is 13.0 Å². The maximum Gasteiger partial charge on any atom is 1.00 e. The van der Waals surface area contributed by atoms with Crippen molar-refractivity contribution in [3.05, 3.63) is 0 Å². The smallest absolute Gasteiger partial charge is 0.755 e. The van der Waals surface area contributed by atoms with Gasteiger partial charge in [0.2, 0.25) is 0 Å². The molecule has 0 radical (unpaired) electrons. The third-order valence-electron chi connectivity index (χ3n) is 1.17. The number of hydrogen-bond acceptors (Lipinski definition) is 6. The number of hydrogen-bond donors (Lipinski definition) is 2. The molecule has 0 saturated heterocycles.